The number of nitrogens with one attached hydrogen (secondary N) is 1. The maximum Gasteiger partial charge on any atom is 0.241 e. The second-order valence-corrected chi connectivity index (χ2v) is 6.94. The predicted molar refractivity (Wildman–Crippen MR) is 98.7 cm³/mol. The molecule has 1 atom stereocenters. The van der Waals surface area contributed by atoms with Gasteiger partial charge in [0.2, 0.25) is 5.91 Å². The van der Waals surface area contributed by atoms with Gasteiger partial charge in [-0.3, -0.25) is 4.79 Å². The first-order chi connectivity index (χ1) is 12.5. The number of hydrogen-bond acceptors (Lipinski definition) is 3. The van der Waals surface area contributed by atoms with Gasteiger partial charge in [0.1, 0.15) is 5.82 Å². The number of carbonyl (C=O) groups is 1. The summed E-state index contributed by atoms with van der Waals surface area (Å²) in [6.07, 6.45) is 6.70. The monoisotopic (exact) mass is 357 g/mol. The van der Waals surface area contributed by atoms with Crippen molar-refractivity contribution in [1.29, 1.82) is 0 Å². The maximum absolute atomic E-state index is 14.6. The van der Waals surface area contributed by atoms with Crippen molar-refractivity contribution < 1.29 is 13.9 Å². The fourth-order valence-electron chi connectivity index (χ4n) is 3.60. The highest BCUT2D eigenvalue weighted by atomic mass is 19.1. The zero-order chi connectivity index (χ0) is 18.7. The van der Waals surface area contributed by atoms with Crippen LogP contribution in [0.25, 0.3) is 11.1 Å². The zero-order valence-electron chi connectivity index (χ0n) is 14.9. The number of amides is 1. The Morgan fingerprint density at radius 3 is 2.69 bits per heavy atom. The lowest BCUT2D eigenvalue weighted by molar-refractivity contribution is -0.611. The van der Waals surface area contributed by atoms with Gasteiger partial charge >= 0.3 is 0 Å². The molecular formula is C20H24FN3O2. The Morgan fingerprint density at radius 2 is 2.00 bits per heavy atom. The SMILES string of the molecule is Cc1c(-c2ccc(NC(=O)[C@@H](N)C3CCCCC3)cc2F)ccc[n+]1[O-]. The Balaban J connectivity index is 1.75. The maximum atomic E-state index is 14.6. The fraction of sp³-hybridized carbons (Fsp3) is 0.400. The number of rotatable bonds is 4. The number of nitrogens with zero attached hydrogens (tertiary/aromatic N) is 1. The number of carbonyl (C=O) groups excluding carboxylic acids is 1. The minimum Gasteiger partial charge on any atom is -0.618 e. The Kier molecular flexibility index (Phi) is 5.52. The molecule has 0 spiro atoms. The summed E-state index contributed by atoms with van der Waals surface area (Å²) < 4.78 is 15.3. The van der Waals surface area contributed by atoms with E-state index in [4.69, 9.17) is 5.73 Å². The van der Waals surface area contributed by atoms with Gasteiger partial charge in [0.15, 0.2) is 11.9 Å². The van der Waals surface area contributed by atoms with Gasteiger partial charge in [-0.1, -0.05) is 19.3 Å². The third-order valence-corrected chi connectivity index (χ3v) is 5.19. The molecule has 1 heterocycles. The Bertz CT molecular complexity index is 804. The van der Waals surface area contributed by atoms with E-state index in [1.165, 1.54) is 18.7 Å². The summed E-state index contributed by atoms with van der Waals surface area (Å²) in [5.41, 5.74) is 7.72. The lowest BCUT2D eigenvalue weighted by atomic mass is 9.84. The molecule has 0 radical (unpaired) electrons. The first kappa shape index (κ1) is 18.3. The van der Waals surface area contributed by atoms with Crippen LogP contribution in [0, 0.1) is 23.9 Å². The molecule has 138 valence electrons. The Labute approximate surface area is 152 Å². The minimum atomic E-state index is -0.575. The third-order valence-electron chi connectivity index (χ3n) is 5.19. The van der Waals surface area contributed by atoms with Crippen molar-refractivity contribution in [3.8, 4) is 11.1 Å². The van der Waals surface area contributed by atoms with Crippen LogP contribution in [-0.2, 0) is 4.79 Å². The summed E-state index contributed by atoms with van der Waals surface area (Å²) in [7, 11) is 0. The summed E-state index contributed by atoms with van der Waals surface area (Å²) in [5.74, 6) is -0.590. The molecule has 3 rings (SSSR count). The lowest BCUT2D eigenvalue weighted by Gasteiger charge is -2.26. The van der Waals surface area contributed by atoms with Crippen molar-refractivity contribution >= 4 is 11.6 Å². The third kappa shape index (κ3) is 3.85. The second kappa shape index (κ2) is 7.83. The van der Waals surface area contributed by atoms with Gasteiger partial charge in [0.25, 0.3) is 0 Å². The molecule has 1 aromatic heterocycles. The van der Waals surface area contributed by atoms with Crippen LogP contribution in [-0.4, -0.2) is 11.9 Å². The predicted octanol–water partition coefficient (Wildman–Crippen LogP) is 3.28. The fourth-order valence-corrected chi connectivity index (χ4v) is 3.60. The molecule has 5 nitrogen and oxygen atoms in total. The molecule has 1 aromatic carbocycles. The first-order valence-corrected chi connectivity index (χ1v) is 9.02. The smallest absolute Gasteiger partial charge is 0.241 e. The van der Waals surface area contributed by atoms with Crippen LogP contribution in [0.4, 0.5) is 10.1 Å². The van der Waals surface area contributed by atoms with Gasteiger partial charge in [0, 0.05) is 24.2 Å². The Hall–Kier alpha value is -2.47. The average Bonchev–Trinajstić information content (AvgIpc) is 2.64. The average molecular weight is 357 g/mol. The molecule has 1 aliphatic carbocycles. The molecule has 2 aromatic rings. The summed E-state index contributed by atoms with van der Waals surface area (Å²) in [4.78, 5) is 12.4. The van der Waals surface area contributed by atoms with Crippen molar-refractivity contribution in [1.82, 2.24) is 0 Å². The van der Waals surface area contributed by atoms with Crippen LogP contribution in [0.5, 0.6) is 0 Å². The van der Waals surface area contributed by atoms with E-state index >= 15 is 0 Å². The first-order valence-electron chi connectivity index (χ1n) is 9.02. The molecule has 3 N–H and O–H groups in total. The molecule has 26 heavy (non-hydrogen) atoms. The van der Waals surface area contributed by atoms with E-state index in [2.05, 4.69) is 5.32 Å². The van der Waals surface area contributed by atoms with Gasteiger partial charge in [0.05, 0.1) is 11.6 Å². The lowest BCUT2D eigenvalue weighted by Crippen LogP contribution is -2.42. The normalized spacial score (nSPS) is 16.3. The van der Waals surface area contributed by atoms with E-state index in [0.717, 1.165) is 25.7 Å². The summed E-state index contributed by atoms with van der Waals surface area (Å²) in [6, 6.07) is 7.16. The molecule has 1 aliphatic rings. The van der Waals surface area contributed by atoms with Gasteiger partial charge in [-0.2, -0.15) is 4.73 Å². The van der Waals surface area contributed by atoms with E-state index < -0.39 is 11.9 Å². The van der Waals surface area contributed by atoms with E-state index in [1.807, 2.05) is 0 Å². The number of pyridine rings is 1. The molecule has 1 amide bonds. The van der Waals surface area contributed by atoms with Gasteiger partial charge in [-0.25, -0.2) is 4.39 Å². The van der Waals surface area contributed by atoms with Crippen molar-refractivity contribution in [2.75, 3.05) is 5.32 Å². The van der Waals surface area contributed by atoms with Gasteiger partial charge < -0.3 is 16.3 Å². The highest BCUT2D eigenvalue weighted by Gasteiger charge is 2.26. The van der Waals surface area contributed by atoms with Crippen LogP contribution in [0.2, 0.25) is 0 Å². The number of aromatic nitrogens is 1. The van der Waals surface area contributed by atoms with Gasteiger partial charge in [-0.05, 0) is 43.0 Å². The van der Waals surface area contributed by atoms with E-state index in [-0.39, 0.29) is 11.8 Å². The van der Waals surface area contributed by atoms with Crippen LogP contribution < -0.4 is 15.8 Å². The van der Waals surface area contributed by atoms with Crippen molar-refractivity contribution in [3.63, 3.8) is 0 Å². The summed E-state index contributed by atoms with van der Waals surface area (Å²) in [5, 5.41) is 14.4. The van der Waals surface area contributed by atoms with E-state index in [9.17, 15) is 14.4 Å². The number of nitrogens with two attached hydrogens (primary N) is 1. The van der Waals surface area contributed by atoms with E-state index in [0.29, 0.717) is 27.2 Å². The molecule has 0 aliphatic heterocycles. The molecular weight excluding hydrogens is 333 g/mol. The number of benzene rings is 1. The summed E-state index contributed by atoms with van der Waals surface area (Å²) in [6.45, 7) is 1.64. The summed E-state index contributed by atoms with van der Waals surface area (Å²) >= 11 is 0. The van der Waals surface area contributed by atoms with Crippen molar-refractivity contribution in [2.45, 2.75) is 45.1 Å². The minimum absolute atomic E-state index is 0.187. The van der Waals surface area contributed by atoms with Crippen molar-refractivity contribution in [3.05, 3.63) is 53.2 Å². The highest BCUT2D eigenvalue weighted by Crippen LogP contribution is 2.28. The van der Waals surface area contributed by atoms with Crippen LogP contribution in [0.15, 0.2) is 36.5 Å². The zero-order valence-corrected chi connectivity index (χ0v) is 14.9. The second-order valence-electron chi connectivity index (χ2n) is 6.94. The van der Waals surface area contributed by atoms with Crippen LogP contribution >= 0.6 is 0 Å². The van der Waals surface area contributed by atoms with Crippen molar-refractivity contribution in [2.24, 2.45) is 11.7 Å². The molecule has 6 heteroatoms. The standard InChI is InChI=1S/C20H24FN3O2/c1-13-16(8-5-11-24(13)26)17-10-9-15(12-18(17)21)23-20(25)19(22)14-6-3-2-4-7-14/h5,8-12,14,19H,2-4,6-7,22H2,1H3,(H,23,25)/t19-/m0/s1. The van der Waals surface area contributed by atoms with Crippen LogP contribution in [0.3, 0.4) is 0 Å². The molecule has 0 unspecified atom stereocenters. The van der Waals surface area contributed by atoms with Gasteiger partial charge in [-0.15, -0.1) is 0 Å². The number of halogens is 1. The van der Waals surface area contributed by atoms with Crippen LogP contribution in [0.1, 0.15) is 37.8 Å². The number of hydrogen-bond donors (Lipinski definition) is 2. The Morgan fingerprint density at radius 1 is 1.27 bits per heavy atom. The van der Waals surface area contributed by atoms with E-state index in [1.54, 1.807) is 31.2 Å². The largest absolute Gasteiger partial charge is 0.618 e. The molecule has 0 bridgehead atoms. The quantitative estimate of drug-likeness (QED) is 0.651. The molecule has 1 saturated carbocycles. The highest BCUT2D eigenvalue weighted by molar-refractivity contribution is 5.95. The molecule has 1 fully saturated rings. The topological polar surface area (TPSA) is 82.1 Å². The number of anilines is 1. The molecule has 0 saturated heterocycles.